The van der Waals surface area contributed by atoms with Gasteiger partial charge in [-0.3, -0.25) is 9.78 Å². The third kappa shape index (κ3) is 5.29. The van der Waals surface area contributed by atoms with E-state index in [2.05, 4.69) is 21.5 Å². The molecule has 0 bridgehead atoms. The van der Waals surface area contributed by atoms with E-state index >= 15 is 0 Å². The molecule has 7 heteroatoms. The molecule has 0 spiro atoms. The van der Waals surface area contributed by atoms with Crippen LogP contribution in [-0.2, 0) is 11.3 Å². The number of carbonyl (C=O) groups is 1. The molecule has 162 valence electrons. The van der Waals surface area contributed by atoms with Gasteiger partial charge in [-0.25, -0.2) is 9.37 Å². The fraction of sp³-hybridized carbons (Fsp3) is 0.375. The fourth-order valence-corrected chi connectivity index (χ4v) is 4.02. The highest BCUT2D eigenvalue weighted by Crippen LogP contribution is 2.24. The minimum atomic E-state index is -0.320. The zero-order valence-electron chi connectivity index (χ0n) is 17.7. The molecule has 1 fully saturated rings. The van der Waals surface area contributed by atoms with Crippen molar-refractivity contribution < 1.29 is 13.9 Å². The van der Waals surface area contributed by atoms with E-state index in [0.29, 0.717) is 11.7 Å². The lowest BCUT2D eigenvalue weighted by Gasteiger charge is -2.32. The molecule has 0 saturated carbocycles. The van der Waals surface area contributed by atoms with E-state index in [0.717, 1.165) is 56.0 Å². The van der Waals surface area contributed by atoms with Gasteiger partial charge in [-0.15, -0.1) is 0 Å². The summed E-state index contributed by atoms with van der Waals surface area (Å²) in [4.78, 5) is 23.1. The Morgan fingerprint density at radius 1 is 1.16 bits per heavy atom. The number of benzene rings is 1. The van der Waals surface area contributed by atoms with E-state index in [1.165, 1.54) is 24.3 Å². The minimum Gasteiger partial charge on any atom is -0.484 e. The first-order chi connectivity index (χ1) is 15.1. The first-order valence-corrected chi connectivity index (χ1v) is 10.7. The predicted octanol–water partition coefficient (Wildman–Crippen LogP) is 4.10. The summed E-state index contributed by atoms with van der Waals surface area (Å²) in [5.41, 5.74) is 2.17. The van der Waals surface area contributed by atoms with Crippen LogP contribution in [0, 0.1) is 18.7 Å². The van der Waals surface area contributed by atoms with Gasteiger partial charge in [0.2, 0.25) is 0 Å². The topological polar surface area (TPSA) is 60.2 Å². The predicted molar refractivity (Wildman–Crippen MR) is 116 cm³/mol. The SMILES string of the molecule is Cc1cnc(-c2cccnc2)n1CCC1CCN(C(=O)COc2ccc(F)cc2)CC1. The lowest BCUT2D eigenvalue weighted by atomic mass is 9.93. The number of aryl methyl sites for hydroxylation is 1. The summed E-state index contributed by atoms with van der Waals surface area (Å²) in [6.07, 6.45) is 8.54. The number of likely N-dealkylation sites (tertiary alicyclic amines) is 1. The Bertz CT molecular complexity index is 996. The molecule has 4 rings (SSSR count). The smallest absolute Gasteiger partial charge is 0.260 e. The largest absolute Gasteiger partial charge is 0.484 e. The second-order valence-corrected chi connectivity index (χ2v) is 7.97. The van der Waals surface area contributed by atoms with Crippen molar-refractivity contribution in [3.05, 3.63) is 66.5 Å². The normalized spacial score (nSPS) is 14.6. The van der Waals surface area contributed by atoms with Crippen molar-refractivity contribution in [2.24, 2.45) is 5.92 Å². The number of nitrogens with zero attached hydrogens (tertiary/aromatic N) is 4. The number of hydrogen-bond acceptors (Lipinski definition) is 4. The molecule has 6 nitrogen and oxygen atoms in total. The highest BCUT2D eigenvalue weighted by Gasteiger charge is 2.23. The first kappa shape index (κ1) is 21.0. The van der Waals surface area contributed by atoms with E-state index in [1.807, 2.05) is 29.4 Å². The molecular weight excluding hydrogens is 395 g/mol. The number of halogens is 1. The molecule has 3 aromatic rings. The monoisotopic (exact) mass is 422 g/mol. The van der Waals surface area contributed by atoms with Crippen LogP contribution in [0.3, 0.4) is 0 Å². The van der Waals surface area contributed by atoms with Crippen molar-refractivity contribution in [2.45, 2.75) is 32.7 Å². The van der Waals surface area contributed by atoms with E-state index in [9.17, 15) is 9.18 Å². The molecule has 0 aliphatic carbocycles. The number of ether oxygens (including phenoxy) is 1. The van der Waals surface area contributed by atoms with Crippen LogP contribution in [0.15, 0.2) is 55.0 Å². The molecule has 31 heavy (non-hydrogen) atoms. The Morgan fingerprint density at radius 3 is 2.65 bits per heavy atom. The molecule has 0 N–H and O–H groups in total. The van der Waals surface area contributed by atoms with E-state index in [4.69, 9.17) is 4.74 Å². The van der Waals surface area contributed by atoms with Gasteiger partial charge in [0.15, 0.2) is 6.61 Å². The molecule has 1 amide bonds. The number of piperidine rings is 1. The van der Waals surface area contributed by atoms with E-state index < -0.39 is 0 Å². The van der Waals surface area contributed by atoms with Crippen LogP contribution in [0.25, 0.3) is 11.4 Å². The molecule has 1 aliphatic heterocycles. The van der Waals surface area contributed by atoms with E-state index in [-0.39, 0.29) is 18.3 Å². The second-order valence-electron chi connectivity index (χ2n) is 7.97. The summed E-state index contributed by atoms with van der Waals surface area (Å²) in [5.74, 6) is 1.69. The van der Waals surface area contributed by atoms with Gasteiger partial charge in [0.25, 0.3) is 5.91 Å². The zero-order valence-corrected chi connectivity index (χ0v) is 17.7. The average molecular weight is 423 g/mol. The molecule has 1 aromatic carbocycles. The van der Waals surface area contributed by atoms with Gasteiger partial charge in [0.05, 0.1) is 0 Å². The van der Waals surface area contributed by atoms with E-state index in [1.54, 1.807) is 6.20 Å². The average Bonchev–Trinajstić information content (AvgIpc) is 3.18. The third-order valence-electron chi connectivity index (χ3n) is 5.88. The van der Waals surface area contributed by atoms with Crippen LogP contribution < -0.4 is 4.74 Å². The van der Waals surface area contributed by atoms with Gasteiger partial charge in [0, 0.05) is 49.5 Å². The van der Waals surface area contributed by atoms with Gasteiger partial charge < -0.3 is 14.2 Å². The summed E-state index contributed by atoms with van der Waals surface area (Å²) < 4.78 is 20.7. The number of pyridine rings is 1. The molecule has 0 unspecified atom stereocenters. The summed E-state index contributed by atoms with van der Waals surface area (Å²) in [6.45, 7) is 4.46. The van der Waals surface area contributed by atoms with Crippen molar-refractivity contribution >= 4 is 5.91 Å². The highest BCUT2D eigenvalue weighted by atomic mass is 19.1. The molecule has 0 atom stereocenters. The Kier molecular flexibility index (Phi) is 6.60. The lowest BCUT2D eigenvalue weighted by molar-refractivity contribution is -0.134. The molecule has 1 aliphatic rings. The maximum atomic E-state index is 13.0. The molecular formula is C24H27FN4O2. The maximum Gasteiger partial charge on any atom is 0.260 e. The number of amides is 1. The van der Waals surface area contributed by atoms with Crippen molar-refractivity contribution in [2.75, 3.05) is 19.7 Å². The van der Waals surface area contributed by atoms with Crippen LogP contribution in [0.2, 0.25) is 0 Å². The molecule has 3 heterocycles. The third-order valence-corrected chi connectivity index (χ3v) is 5.88. The van der Waals surface area contributed by atoms with Crippen molar-refractivity contribution in [1.82, 2.24) is 19.4 Å². The second kappa shape index (κ2) is 9.73. The van der Waals surface area contributed by atoms with Gasteiger partial charge >= 0.3 is 0 Å². The number of aromatic nitrogens is 3. The Balaban J connectivity index is 1.25. The van der Waals surface area contributed by atoms with Crippen LogP contribution in [0.4, 0.5) is 4.39 Å². The minimum absolute atomic E-state index is 0.0149. The van der Waals surface area contributed by atoms with Crippen LogP contribution in [0.1, 0.15) is 25.0 Å². The lowest BCUT2D eigenvalue weighted by Crippen LogP contribution is -2.41. The van der Waals surface area contributed by atoms with Gasteiger partial charge in [-0.1, -0.05) is 0 Å². The maximum absolute atomic E-state index is 13.0. The summed E-state index contributed by atoms with van der Waals surface area (Å²) >= 11 is 0. The van der Waals surface area contributed by atoms with Crippen LogP contribution >= 0.6 is 0 Å². The van der Waals surface area contributed by atoms with Gasteiger partial charge in [-0.05, 0) is 68.5 Å². The summed E-state index contributed by atoms with van der Waals surface area (Å²) in [6, 6.07) is 9.68. The standard InChI is InChI=1S/C24H27FN4O2/c1-18-15-27-24(20-3-2-11-26-16-20)29(18)14-10-19-8-12-28(13-9-19)23(30)17-31-22-6-4-21(25)5-7-22/h2-7,11,15-16,19H,8-10,12-14,17H2,1H3. The molecule has 1 saturated heterocycles. The van der Waals surface area contributed by atoms with Crippen molar-refractivity contribution in [3.63, 3.8) is 0 Å². The van der Waals surface area contributed by atoms with Crippen LogP contribution in [-0.4, -0.2) is 45.0 Å². The Morgan fingerprint density at radius 2 is 1.94 bits per heavy atom. The highest BCUT2D eigenvalue weighted by molar-refractivity contribution is 5.77. The Hall–Kier alpha value is -3.22. The number of carbonyl (C=O) groups excluding carboxylic acids is 1. The quantitative estimate of drug-likeness (QED) is 0.575. The Labute approximate surface area is 181 Å². The fourth-order valence-electron chi connectivity index (χ4n) is 4.02. The number of imidazole rings is 1. The molecule has 0 radical (unpaired) electrons. The zero-order chi connectivity index (χ0) is 21.6. The van der Waals surface area contributed by atoms with Gasteiger partial charge in [0.1, 0.15) is 17.4 Å². The molecule has 2 aromatic heterocycles. The first-order valence-electron chi connectivity index (χ1n) is 10.7. The van der Waals surface area contributed by atoms with Crippen molar-refractivity contribution in [1.29, 1.82) is 0 Å². The van der Waals surface area contributed by atoms with Crippen LogP contribution in [0.5, 0.6) is 5.75 Å². The van der Waals surface area contributed by atoms with Crippen molar-refractivity contribution in [3.8, 4) is 17.1 Å². The summed E-state index contributed by atoms with van der Waals surface area (Å²) in [5, 5.41) is 0. The number of hydrogen-bond donors (Lipinski definition) is 0. The summed E-state index contributed by atoms with van der Waals surface area (Å²) in [7, 11) is 0. The van der Waals surface area contributed by atoms with Gasteiger partial charge in [-0.2, -0.15) is 0 Å². The number of rotatable bonds is 7.